The molecule has 34 heavy (non-hydrogen) atoms. The number of amides is 2. The van der Waals surface area contributed by atoms with Gasteiger partial charge in [-0.25, -0.2) is 14.5 Å². The summed E-state index contributed by atoms with van der Waals surface area (Å²) < 4.78 is 16.9. The van der Waals surface area contributed by atoms with Crippen molar-refractivity contribution in [2.45, 2.75) is 83.8 Å². The minimum absolute atomic E-state index is 0.0612. The molecule has 1 aliphatic heterocycles. The first-order chi connectivity index (χ1) is 15.5. The fourth-order valence-corrected chi connectivity index (χ4v) is 4.96. The third kappa shape index (κ3) is 6.75. The number of esters is 1. The van der Waals surface area contributed by atoms with Gasteiger partial charge in [0.1, 0.15) is 5.60 Å². The summed E-state index contributed by atoms with van der Waals surface area (Å²) >= 11 is 0. The molecule has 3 atom stereocenters. The number of rotatable bonds is 6. The molecule has 1 aliphatic rings. The van der Waals surface area contributed by atoms with E-state index in [0.717, 1.165) is 5.56 Å². The van der Waals surface area contributed by atoms with Crippen molar-refractivity contribution in [3.63, 3.8) is 0 Å². The number of hydrogen-bond acceptors (Lipinski definition) is 6. The van der Waals surface area contributed by atoms with Crippen molar-refractivity contribution in [1.82, 2.24) is 4.90 Å². The van der Waals surface area contributed by atoms with Crippen LogP contribution in [0.2, 0.25) is 0 Å². The summed E-state index contributed by atoms with van der Waals surface area (Å²) in [4.78, 5) is 39.8. The lowest BCUT2D eigenvalue weighted by Gasteiger charge is -2.46. The van der Waals surface area contributed by atoms with Gasteiger partial charge in [-0.05, 0) is 70.7 Å². The number of hydrogen-bond donors (Lipinski definition) is 0. The Bertz CT molecular complexity index is 915. The number of nitrogens with zero attached hydrogens (tertiary/aromatic N) is 1. The van der Waals surface area contributed by atoms with Gasteiger partial charge in [-0.3, -0.25) is 4.79 Å². The van der Waals surface area contributed by atoms with Crippen molar-refractivity contribution in [3.8, 4) is 0 Å². The molecule has 0 aliphatic carbocycles. The SMILES string of the molecule is COC(=O)c1cccc(C[C@@H]2C[C@@H](C(C)OS(C)(C)C(C)(C)C)N(C(=O)OC(C)(C)C)C2=O)c1. The molecule has 0 bridgehead atoms. The lowest BCUT2D eigenvalue weighted by molar-refractivity contribution is -0.132. The van der Waals surface area contributed by atoms with E-state index in [4.69, 9.17) is 13.7 Å². The van der Waals surface area contributed by atoms with Crippen LogP contribution in [-0.2, 0) is 24.9 Å². The predicted molar refractivity (Wildman–Crippen MR) is 136 cm³/mol. The van der Waals surface area contributed by atoms with Crippen LogP contribution in [0.5, 0.6) is 0 Å². The van der Waals surface area contributed by atoms with Crippen LogP contribution >= 0.6 is 10.3 Å². The summed E-state index contributed by atoms with van der Waals surface area (Å²) in [7, 11) is -0.137. The summed E-state index contributed by atoms with van der Waals surface area (Å²) in [5.74, 6) is -1.13. The van der Waals surface area contributed by atoms with Gasteiger partial charge in [0.15, 0.2) is 0 Å². The number of carbonyl (C=O) groups is 3. The van der Waals surface area contributed by atoms with Crippen LogP contribution in [0.4, 0.5) is 4.79 Å². The Morgan fingerprint density at radius 2 is 1.76 bits per heavy atom. The third-order valence-corrected chi connectivity index (χ3v) is 10.0. The fraction of sp³-hybridized carbons (Fsp3) is 0.654. The molecule has 7 nitrogen and oxygen atoms in total. The smallest absolute Gasteiger partial charge is 0.417 e. The van der Waals surface area contributed by atoms with Crippen LogP contribution in [0.25, 0.3) is 0 Å². The molecule has 1 aromatic carbocycles. The minimum atomic E-state index is -1.47. The lowest BCUT2D eigenvalue weighted by atomic mass is 9.94. The molecule has 1 unspecified atom stereocenters. The number of imide groups is 1. The molecule has 0 spiro atoms. The third-order valence-electron chi connectivity index (χ3n) is 6.27. The van der Waals surface area contributed by atoms with Crippen molar-refractivity contribution in [2.75, 3.05) is 19.6 Å². The Hall–Kier alpha value is -2.06. The van der Waals surface area contributed by atoms with Crippen molar-refractivity contribution in [1.29, 1.82) is 0 Å². The van der Waals surface area contributed by atoms with Crippen molar-refractivity contribution >= 4 is 28.3 Å². The standard InChI is InChI=1S/C26H41NO6S/c1-17(33-34(9,10)26(5,6)7)21-16-20(22(28)27(21)24(30)32-25(2,3)4)15-18-12-11-13-19(14-18)23(29)31-8/h11-14,17,20-21H,15-16H2,1-10H3/t17?,20-,21+/m1/s1. The van der Waals surface area contributed by atoms with Gasteiger partial charge >= 0.3 is 12.1 Å². The second-order valence-corrected chi connectivity index (χ2v) is 15.1. The zero-order valence-corrected chi connectivity index (χ0v) is 23.1. The van der Waals surface area contributed by atoms with E-state index in [-0.39, 0.29) is 16.8 Å². The maximum Gasteiger partial charge on any atom is 0.417 e. The number of methoxy groups -OCH3 is 1. The van der Waals surface area contributed by atoms with E-state index >= 15 is 0 Å². The molecule has 2 rings (SSSR count). The van der Waals surface area contributed by atoms with Gasteiger partial charge in [0.25, 0.3) is 0 Å². The zero-order chi connectivity index (χ0) is 26.1. The molecule has 0 N–H and O–H groups in total. The van der Waals surface area contributed by atoms with Crippen LogP contribution in [-0.4, -0.2) is 65.0 Å². The van der Waals surface area contributed by atoms with Crippen molar-refractivity contribution < 1.29 is 28.0 Å². The van der Waals surface area contributed by atoms with E-state index in [0.29, 0.717) is 18.4 Å². The van der Waals surface area contributed by atoms with Gasteiger partial charge in [0.2, 0.25) is 5.91 Å². The second kappa shape index (κ2) is 10.3. The molecule has 1 heterocycles. The molecule has 0 radical (unpaired) electrons. The average Bonchev–Trinajstić information content (AvgIpc) is 3.01. The van der Waals surface area contributed by atoms with Crippen LogP contribution in [0, 0.1) is 5.92 Å². The normalized spacial score (nSPS) is 20.8. The quantitative estimate of drug-likeness (QED) is 0.495. The molecule has 0 aromatic heterocycles. The van der Waals surface area contributed by atoms with E-state index in [9.17, 15) is 14.4 Å². The Balaban J connectivity index is 2.33. The maximum atomic E-state index is 13.5. The first kappa shape index (κ1) is 28.2. The fourth-order valence-electron chi connectivity index (χ4n) is 3.78. The molecular weight excluding hydrogens is 454 g/mol. The van der Waals surface area contributed by atoms with Gasteiger partial charge in [-0.2, -0.15) is 0 Å². The molecular formula is C26H41NO6S. The van der Waals surface area contributed by atoms with Crippen LogP contribution in [0.3, 0.4) is 0 Å². The van der Waals surface area contributed by atoms with Crippen LogP contribution in [0.15, 0.2) is 24.3 Å². The van der Waals surface area contributed by atoms with E-state index in [2.05, 4.69) is 33.3 Å². The molecule has 2 amide bonds. The van der Waals surface area contributed by atoms with Crippen molar-refractivity contribution in [3.05, 3.63) is 35.4 Å². The summed E-state index contributed by atoms with van der Waals surface area (Å²) in [6.07, 6.45) is 4.07. The van der Waals surface area contributed by atoms with Crippen LogP contribution in [0.1, 0.15) is 70.8 Å². The predicted octanol–water partition coefficient (Wildman–Crippen LogP) is 5.35. The topological polar surface area (TPSA) is 82.1 Å². The Morgan fingerprint density at radius 1 is 1.15 bits per heavy atom. The highest BCUT2D eigenvalue weighted by Gasteiger charge is 2.48. The molecule has 8 heteroatoms. The Labute approximate surface area is 206 Å². The molecule has 1 fully saturated rings. The highest BCUT2D eigenvalue weighted by molar-refractivity contribution is 8.29. The van der Waals surface area contributed by atoms with Gasteiger partial charge < -0.3 is 13.7 Å². The van der Waals surface area contributed by atoms with E-state index < -0.39 is 39.9 Å². The summed E-state index contributed by atoms with van der Waals surface area (Å²) in [5.41, 5.74) is 0.535. The largest absolute Gasteiger partial charge is 0.465 e. The summed E-state index contributed by atoms with van der Waals surface area (Å²) in [6.45, 7) is 13.7. The highest BCUT2D eigenvalue weighted by atomic mass is 32.3. The minimum Gasteiger partial charge on any atom is -0.465 e. The van der Waals surface area contributed by atoms with Gasteiger partial charge in [-0.15, -0.1) is 10.3 Å². The van der Waals surface area contributed by atoms with E-state index in [1.165, 1.54) is 12.0 Å². The van der Waals surface area contributed by atoms with Gasteiger partial charge in [0.05, 0.1) is 24.8 Å². The van der Waals surface area contributed by atoms with Crippen LogP contribution < -0.4 is 0 Å². The zero-order valence-electron chi connectivity index (χ0n) is 22.3. The Kier molecular flexibility index (Phi) is 8.52. The molecule has 192 valence electrons. The van der Waals surface area contributed by atoms with Crippen molar-refractivity contribution in [2.24, 2.45) is 5.92 Å². The highest BCUT2D eigenvalue weighted by Crippen LogP contribution is 2.55. The second-order valence-electron chi connectivity index (χ2n) is 11.2. The maximum absolute atomic E-state index is 13.5. The van der Waals surface area contributed by atoms with Gasteiger partial charge in [0, 0.05) is 10.7 Å². The average molecular weight is 496 g/mol. The number of likely N-dealkylation sites (tertiary alicyclic amines) is 1. The Morgan fingerprint density at radius 3 is 2.29 bits per heavy atom. The van der Waals surface area contributed by atoms with E-state index in [1.54, 1.807) is 39.0 Å². The monoisotopic (exact) mass is 495 g/mol. The first-order valence-electron chi connectivity index (χ1n) is 11.6. The lowest BCUT2D eigenvalue weighted by Crippen LogP contribution is -2.48. The molecule has 0 saturated carbocycles. The molecule has 1 aromatic rings. The summed E-state index contributed by atoms with van der Waals surface area (Å²) in [5, 5.41) is 0. The first-order valence-corrected chi connectivity index (χ1v) is 14.0. The summed E-state index contributed by atoms with van der Waals surface area (Å²) in [6, 6.07) is 6.61. The number of benzene rings is 1. The van der Waals surface area contributed by atoms with Gasteiger partial charge in [-0.1, -0.05) is 32.9 Å². The van der Waals surface area contributed by atoms with E-state index in [1.807, 2.05) is 13.0 Å². The number of ether oxygens (including phenoxy) is 2. The number of carbonyl (C=O) groups excluding carboxylic acids is 3. The molecule has 1 saturated heterocycles.